The molecule has 28 heavy (non-hydrogen) atoms. The molecule has 0 aliphatic carbocycles. The molecule has 1 fully saturated rings. The van der Waals surface area contributed by atoms with Crippen molar-refractivity contribution in [3.8, 4) is 23.0 Å². The fourth-order valence-corrected chi connectivity index (χ4v) is 3.18. The molecule has 0 saturated carbocycles. The highest BCUT2D eigenvalue weighted by Gasteiger charge is 2.24. The number of oxazole rings is 1. The van der Waals surface area contributed by atoms with Crippen molar-refractivity contribution >= 4 is 6.09 Å². The molecule has 0 spiro atoms. The molecule has 0 atom stereocenters. The van der Waals surface area contributed by atoms with Gasteiger partial charge in [-0.25, -0.2) is 9.78 Å². The zero-order chi connectivity index (χ0) is 20.1. The van der Waals surface area contributed by atoms with Gasteiger partial charge in [0, 0.05) is 38.8 Å². The van der Waals surface area contributed by atoms with Gasteiger partial charge in [0.1, 0.15) is 17.3 Å². The number of aromatic nitrogens is 1. The van der Waals surface area contributed by atoms with Crippen LogP contribution in [0.2, 0.25) is 0 Å². The van der Waals surface area contributed by atoms with Crippen molar-refractivity contribution in [3.63, 3.8) is 0 Å². The Morgan fingerprint density at radius 2 is 1.93 bits per heavy atom. The van der Waals surface area contributed by atoms with E-state index in [0.717, 1.165) is 30.1 Å². The highest BCUT2D eigenvalue weighted by atomic mass is 16.6. The van der Waals surface area contributed by atoms with Crippen molar-refractivity contribution in [2.24, 2.45) is 0 Å². The third-order valence-corrected chi connectivity index (χ3v) is 4.80. The minimum atomic E-state index is -0.242. The van der Waals surface area contributed by atoms with Crippen molar-refractivity contribution in [2.75, 3.05) is 47.0 Å². The van der Waals surface area contributed by atoms with E-state index in [9.17, 15) is 4.79 Å². The maximum absolute atomic E-state index is 11.8. The van der Waals surface area contributed by atoms with E-state index < -0.39 is 0 Å². The molecule has 1 saturated heterocycles. The highest BCUT2D eigenvalue weighted by Crippen LogP contribution is 2.33. The summed E-state index contributed by atoms with van der Waals surface area (Å²) in [4.78, 5) is 20.5. The molecule has 3 rings (SSSR count). The molecular formula is C20H27N3O5. The minimum absolute atomic E-state index is 0.242. The molecule has 0 radical (unpaired) electrons. The fraction of sp³-hybridized carbons (Fsp3) is 0.500. The van der Waals surface area contributed by atoms with Gasteiger partial charge in [0.2, 0.25) is 5.89 Å². The molecule has 2 aromatic rings. The first-order chi connectivity index (χ1) is 13.5. The number of hydrogen-bond acceptors (Lipinski definition) is 7. The Labute approximate surface area is 165 Å². The molecule has 0 bridgehead atoms. The molecule has 2 heterocycles. The van der Waals surface area contributed by atoms with Crippen molar-refractivity contribution in [2.45, 2.75) is 20.4 Å². The standard InChI is InChI=1S/C20H27N3O5/c1-5-27-20(24)23-10-8-22(9-11-23)13-17-14(2)28-19(21-17)16-7-6-15(25-3)12-18(16)26-4/h6-7,12H,5,8-11,13H2,1-4H3. The Bertz CT molecular complexity index is 812. The lowest BCUT2D eigenvalue weighted by Gasteiger charge is -2.33. The molecule has 1 aromatic carbocycles. The van der Waals surface area contributed by atoms with Gasteiger partial charge in [0.15, 0.2) is 0 Å². The first-order valence-electron chi connectivity index (χ1n) is 9.38. The summed E-state index contributed by atoms with van der Waals surface area (Å²) < 4.78 is 21.7. The Balaban J connectivity index is 1.68. The van der Waals surface area contributed by atoms with E-state index in [2.05, 4.69) is 9.88 Å². The van der Waals surface area contributed by atoms with E-state index in [1.807, 2.05) is 32.0 Å². The minimum Gasteiger partial charge on any atom is -0.497 e. The fourth-order valence-electron chi connectivity index (χ4n) is 3.18. The van der Waals surface area contributed by atoms with E-state index in [0.29, 0.717) is 43.6 Å². The van der Waals surface area contributed by atoms with Crippen LogP contribution in [0.15, 0.2) is 22.6 Å². The number of nitrogens with zero attached hydrogens (tertiary/aromatic N) is 3. The number of methoxy groups -OCH3 is 2. The second-order valence-electron chi connectivity index (χ2n) is 6.55. The van der Waals surface area contributed by atoms with E-state index >= 15 is 0 Å². The molecular weight excluding hydrogens is 362 g/mol. The first kappa shape index (κ1) is 20.0. The van der Waals surface area contributed by atoms with Crippen molar-refractivity contribution in [1.82, 2.24) is 14.8 Å². The predicted molar refractivity (Wildman–Crippen MR) is 104 cm³/mol. The molecule has 1 amide bonds. The van der Waals surface area contributed by atoms with Crippen LogP contribution in [-0.4, -0.2) is 67.9 Å². The summed E-state index contributed by atoms with van der Waals surface area (Å²) >= 11 is 0. The van der Waals surface area contributed by atoms with Crippen LogP contribution < -0.4 is 9.47 Å². The van der Waals surface area contributed by atoms with Gasteiger partial charge in [-0.15, -0.1) is 0 Å². The first-order valence-corrected chi connectivity index (χ1v) is 9.38. The number of aryl methyl sites for hydroxylation is 1. The molecule has 0 unspecified atom stereocenters. The Kier molecular flexibility index (Phi) is 6.41. The number of carbonyl (C=O) groups excluding carboxylic acids is 1. The largest absolute Gasteiger partial charge is 0.497 e. The molecule has 1 aromatic heterocycles. The molecule has 1 aliphatic heterocycles. The van der Waals surface area contributed by atoms with Crippen LogP contribution in [0.25, 0.3) is 11.5 Å². The van der Waals surface area contributed by atoms with Crippen LogP contribution in [0.4, 0.5) is 4.79 Å². The Morgan fingerprint density at radius 1 is 1.18 bits per heavy atom. The van der Waals surface area contributed by atoms with Gasteiger partial charge in [-0.3, -0.25) is 4.90 Å². The highest BCUT2D eigenvalue weighted by molar-refractivity contribution is 5.67. The number of ether oxygens (including phenoxy) is 3. The maximum Gasteiger partial charge on any atom is 0.409 e. The Morgan fingerprint density at radius 3 is 2.57 bits per heavy atom. The molecule has 8 heteroatoms. The molecule has 152 valence electrons. The summed E-state index contributed by atoms with van der Waals surface area (Å²) in [5, 5.41) is 0. The van der Waals surface area contributed by atoms with Gasteiger partial charge in [-0.1, -0.05) is 0 Å². The van der Waals surface area contributed by atoms with E-state index in [-0.39, 0.29) is 6.09 Å². The third-order valence-electron chi connectivity index (χ3n) is 4.80. The summed E-state index contributed by atoms with van der Waals surface area (Å²) in [7, 11) is 3.22. The second-order valence-corrected chi connectivity index (χ2v) is 6.55. The molecule has 8 nitrogen and oxygen atoms in total. The lowest BCUT2D eigenvalue weighted by atomic mass is 10.2. The quantitative estimate of drug-likeness (QED) is 0.752. The maximum atomic E-state index is 11.8. The number of hydrogen-bond donors (Lipinski definition) is 0. The van der Waals surface area contributed by atoms with Gasteiger partial charge in [0.05, 0.1) is 32.1 Å². The van der Waals surface area contributed by atoms with Gasteiger partial charge in [0.25, 0.3) is 0 Å². The van der Waals surface area contributed by atoms with Gasteiger partial charge < -0.3 is 23.5 Å². The van der Waals surface area contributed by atoms with Crippen LogP contribution in [0.5, 0.6) is 11.5 Å². The summed E-state index contributed by atoms with van der Waals surface area (Å²) in [6, 6.07) is 5.54. The Hall–Kier alpha value is -2.74. The van der Waals surface area contributed by atoms with Gasteiger partial charge in [-0.05, 0) is 26.0 Å². The van der Waals surface area contributed by atoms with Crippen LogP contribution in [0, 0.1) is 6.92 Å². The average molecular weight is 389 g/mol. The summed E-state index contributed by atoms with van der Waals surface area (Å²) in [6.07, 6.45) is -0.242. The van der Waals surface area contributed by atoms with Gasteiger partial charge in [-0.2, -0.15) is 0 Å². The molecule has 1 aliphatic rings. The van der Waals surface area contributed by atoms with Crippen LogP contribution in [0.3, 0.4) is 0 Å². The third kappa shape index (κ3) is 4.39. The predicted octanol–water partition coefficient (Wildman–Crippen LogP) is 2.94. The van der Waals surface area contributed by atoms with Crippen LogP contribution >= 0.6 is 0 Å². The van der Waals surface area contributed by atoms with Crippen molar-refractivity contribution in [3.05, 3.63) is 29.7 Å². The second kappa shape index (κ2) is 8.97. The number of carbonyl (C=O) groups is 1. The van der Waals surface area contributed by atoms with Gasteiger partial charge >= 0.3 is 6.09 Å². The summed E-state index contributed by atoms with van der Waals surface area (Å²) in [6.45, 7) is 7.63. The van der Waals surface area contributed by atoms with Crippen LogP contribution in [-0.2, 0) is 11.3 Å². The zero-order valence-corrected chi connectivity index (χ0v) is 16.9. The monoisotopic (exact) mass is 389 g/mol. The zero-order valence-electron chi connectivity index (χ0n) is 16.9. The lowest BCUT2D eigenvalue weighted by Crippen LogP contribution is -2.48. The summed E-state index contributed by atoms with van der Waals surface area (Å²) in [5.74, 6) is 2.66. The smallest absolute Gasteiger partial charge is 0.409 e. The number of piperazine rings is 1. The van der Waals surface area contributed by atoms with Crippen LogP contribution in [0.1, 0.15) is 18.4 Å². The van der Waals surface area contributed by atoms with E-state index in [4.69, 9.17) is 18.6 Å². The van der Waals surface area contributed by atoms with Crippen molar-refractivity contribution < 1.29 is 23.4 Å². The average Bonchev–Trinajstić information content (AvgIpc) is 3.08. The SMILES string of the molecule is CCOC(=O)N1CCN(Cc2nc(-c3ccc(OC)cc3OC)oc2C)CC1. The lowest BCUT2D eigenvalue weighted by molar-refractivity contribution is 0.0774. The summed E-state index contributed by atoms with van der Waals surface area (Å²) in [5.41, 5.74) is 1.67. The van der Waals surface area contributed by atoms with Crippen molar-refractivity contribution in [1.29, 1.82) is 0 Å². The van der Waals surface area contributed by atoms with E-state index in [1.165, 1.54) is 0 Å². The van der Waals surface area contributed by atoms with E-state index in [1.54, 1.807) is 19.1 Å². The number of rotatable bonds is 6. The molecule has 0 N–H and O–H groups in total. The topological polar surface area (TPSA) is 77.3 Å². The normalized spacial score (nSPS) is 14.8. The number of amides is 1. The number of benzene rings is 1.